The van der Waals surface area contributed by atoms with Crippen molar-refractivity contribution in [1.82, 2.24) is 14.9 Å². The Kier molecular flexibility index (Phi) is 5.97. The van der Waals surface area contributed by atoms with Gasteiger partial charge in [0.2, 0.25) is 5.91 Å². The Morgan fingerprint density at radius 2 is 2.55 bits per heavy atom. The number of carbonyl (C=O) groups is 1. The number of aromatic amines is 1. The lowest BCUT2D eigenvalue weighted by Gasteiger charge is -2.21. The number of hydrogen-bond donors (Lipinski definition) is 2. The number of aromatic nitrogens is 2. The maximum Gasteiger partial charge on any atom is 0.249 e. The van der Waals surface area contributed by atoms with E-state index in [0.29, 0.717) is 19.0 Å². The molecule has 1 unspecified atom stereocenters. The first-order valence-electron chi connectivity index (χ1n) is 6.86. The van der Waals surface area contributed by atoms with Gasteiger partial charge >= 0.3 is 0 Å². The zero-order valence-corrected chi connectivity index (χ0v) is 11.5. The summed E-state index contributed by atoms with van der Waals surface area (Å²) >= 11 is 0. The summed E-state index contributed by atoms with van der Waals surface area (Å²) in [5.41, 5.74) is 0. The minimum atomic E-state index is -0.159. The minimum absolute atomic E-state index is 0.000564. The number of nitrogens with zero attached hydrogens (tertiary/aromatic N) is 2. The Bertz CT molecular complexity index is 390. The van der Waals surface area contributed by atoms with Gasteiger partial charge in [-0.05, 0) is 12.8 Å². The molecule has 0 spiro atoms. The highest BCUT2D eigenvalue weighted by Crippen LogP contribution is 2.12. The van der Waals surface area contributed by atoms with Crippen LogP contribution in [0, 0.1) is 0 Å². The summed E-state index contributed by atoms with van der Waals surface area (Å²) in [5, 5.41) is 9.03. The van der Waals surface area contributed by atoms with E-state index in [0.717, 1.165) is 19.4 Å². The van der Waals surface area contributed by atoms with E-state index >= 15 is 0 Å². The Morgan fingerprint density at radius 3 is 3.20 bits per heavy atom. The highest BCUT2D eigenvalue weighted by molar-refractivity contribution is 5.77. The lowest BCUT2D eigenvalue weighted by molar-refractivity contribution is -0.138. The van der Waals surface area contributed by atoms with Crippen LogP contribution in [0.2, 0.25) is 0 Å². The van der Waals surface area contributed by atoms with Crippen molar-refractivity contribution in [3.8, 4) is 0 Å². The molecule has 1 aliphatic heterocycles. The molecule has 1 aromatic rings. The number of H-pyrrole nitrogens is 1. The minimum Gasteiger partial charge on any atom is -0.395 e. The number of aliphatic hydroxyl groups excluding tert-OH is 1. The van der Waals surface area contributed by atoms with Crippen molar-refractivity contribution in [3.63, 3.8) is 0 Å². The highest BCUT2D eigenvalue weighted by atomic mass is 16.5. The predicted molar refractivity (Wildman–Crippen MR) is 70.9 cm³/mol. The van der Waals surface area contributed by atoms with Crippen LogP contribution < -0.4 is 0 Å². The first-order chi connectivity index (χ1) is 9.79. The van der Waals surface area contributed by atoms with Gasteiger partial charge in [-0.25, -0.2) is 4.98 Å². The first kappa shape index (κ1) is 15.0. The topological polar surface area (TPSA) is 87.7 Å². The number of rotatable bonds is 8. The van der Waals surface area contributed by atoms with Gasteiger partial charge in [-0.3, -0.25) is 4.79 Å². The van der Waals surface area contributed by atoms with Crippen molar-refractivity contribution in [2.75, 3.05) is 33.0 Å². The third-order valence-corrected chi connectivity index (χ3v) is 3.17. The fraction of sp³-hybridized carbons (Fsp3) is 0.692. The van der Waals surface area contributed by atoms with Crippen molar-refractivity contribution < 1.29 is 19.4 Å². The van der Waals surface area contributed by atoms with Crippen LogP contribution in [-0.2, 0) is 20.8 Å². The summed E-state index contributed by atoms with van der Waals surface area (Å²) in [5.74, 6) is 0.527. The smallest absolute Gasteiger partial charge is 0.249 e. The molecule has 1 aliphatic rings. The average molecular weight is 283 g/mol. The molecule has 7 heteroatoms. The molecule has 1 atom stereocenters. The molecule has 7 nitrogen and oxygen atoms in total. The number of carbonyl (C=O) groups excluding carboxylic acids is 1. The van der Waals surface area contributed by atoms with Crippen molar-refractivity contribution in [1.29, 1.82) is 0 Å². The van der Waals surface area contributed by atoms with Crippen LogP contribution >= 0.6 is 0 Å². The zero-order chi connectivity index (χ0) is 14.2. The molecule has 20 heavy (non-hydrogen) atoms. The molecule has 1 amide bonds. The Labute approximate surface area is 117 Å². The van der Waals surface area contributed by atoms with Gasteiger partial charge in [0.1, 0.15) is 12.4 Å². The monoisotopic (exact) mass is 283 g/mol. The van der Waals surface area contributed by atoms with E-state index in [2.05, 4.69) is 9.97 Å². The maximum absolute atomic E-state index is 12.0. The van der Waals surface area contributed by atoms with Gasteiger partial charge in [0, 0.05) is 25.5 Å². The van der Waals surface area contributed by atoms with Gasteiger partial charge in [-0.15, -0.1) is 0 Å². The number of aliphatic hydroxyl groups is 1. The van der Waals surface area contributed by atoms with E-state index in [1.165, 1.54) is 4.90 Å². The van der Waals surface area contributed by atoms with Crippen LogP contribution in [0.5, 0.6) is 0 Å². The molecule has 1 saturated heterocycles. The van der Waals surface area contributed by atoms with Crippen molar-refractivity contribution in [2.45, 2.75) is 25.5 Å². The van der Waals surface area contributed by atoms with Crippen molar-refractivity contribution >= 4 is 5.91 Å². The summed E-state index contributed by atoms with van der Waals surface area (Å²) in [4.78, 5) is 20.6. The fourth-order valence-corrected chi connectivity index (χ4v) is 2.12. The zero-order valence-electron chi connectivity index (χ0n) is 11.5. The number of nitrogens with one attached hydrogen (secondary N) is 1. The SMILES string of the molecule is O=C(COCC1CCCO1)N(CCO)Cc1ncc[nH]1. The van der Waals surface area contributed by atoms with E-state index in [-0.39, 0.29) is 31.8 Å². The van der Waals surface area contributed by atoms with Gasteiger partial charge in [-0.2, -0.15) is 0 Å². The Hall–Kier alpha value is -1.44. The first-order valence-corrected chi connectivity index (χ1v) is 6.86. The van der Waals surface area contributed by atoms with Crippen LogP contribution in [-0.4, -0.2) is 65.0 Å². The van der Waals surface area contributed by atoms with E-state index in [1.54, 1.807) is 12.4 Å². The second kappa shape index (κ2) is 7.98. The van der Waals surface area contributed by atoms with Crippen LogP contribution in [0.4, 0.5) is 0 Å². The third kappa shape index (κ3) is 4.59. The van der Waals surface area contributed by atoms with Gasteiger partial charge in [0.05, 0.1) is 25.9 Å². The van der Waals surface area contributed by atoms with Gasteiger partial charge in [-0.1, -0.05) is 0 Å². The molecule has 2 heterocycles. The summed E-state index contributed by atoms with van der Waals surface area (Å²) in [6.45, 7) is 1.74. The molecule has 0 saturated carbocycles. The lowest BCUT2D eigenvalue weighted by atomic mass is 10.2. The van der Waals surface area contributed by atoms with Gasteiger partial charge in [0.15, 0.2) is 0 Å². The lowest BCUT2D eigenvalue weighted by Crippen LogP contribution is -2.36. The molecule has 1 fully saturated rings. The number of amides is 1. The van der Waals surface area contributed by atoms with Crippen molar-refractivity contribution in [3.05, 3.63) is 18.2 Å². The number of imidazole rings is 1. The molecular weight excluding hydrogens is 262 g/mol. The van der Waals surface area contributed by atoms with Gasteiger partial charge < -0.3 is 24.5 Å². The Morgan fingerprint density at radius 1 is 1.65 bits per heavy atom. The maximum atomic E-state index is 12.0. The van der Waals surface area contributed by atoms with Crippen LogP contribution in [0.15, 0.2) is 12.4 Å². The standard InChI is InChI=1S/C13H21N3O4/c17-6-5-16(8-12-14-3-4-15-12)13(18)10-19-9-11-2-1-7-20-11/h3-4,11,17H,1-2,5-10H2,(H,14,15). The van der Waals surface area contributed by atoms with E-state index < -0.39 is 0 Å². The number of ether oxygens (including phenoxy) is 2. The summed E-state index contributed by atoms with van der Waals surface area (Å²) in [7, 11) is 0. The molecule has 0 bridgehead atoms. The third-order valence-electron chi connectivity index (χ3n) is 3.17. The molecule has 1 aromatic heterocycles. The Balaban J connectivity index is 1.74. The van der Waals surface area contributed by atoms with E-state index in [4.69, 9.17) is 14.6 Å². The van der Waals surface area contributed by atoms with Gasteiger partial charge in [0.25, 0.3) is 0 Å². The van der Waals surface area contributed by atoms with Crippen LogP contribution in [0.3, 0.4) is 0 Å². The molecular formula is C13H21N3O4. The molecule has 0 aliphatic carbocycles. The summed E-state index contributed by atoms with van der Waals surface area (Å²) in [6.07, 6.45) is 5.48. The number of hydrogen-bond acceptors (Lipinski definition) is 5. The molecule has 0 radical (unpaired) electrons. The van der Waals surface area contributed by atoms with Crippen molar-refractivity contribution in [2.24, 2.45) is 0 Å². The second-order valence-electron chi connectivity index (χ2n) is 4.72. The predicted octanol–water partition coefficient (Wildman–Crippen LogP) is -0.0738. The normalized spacial score (nSPS) is 18.4. The fourth-order valence-electron chi connectivity index (χ4n) is 2.12. The molecule has 0 aromatic carbocycles. The van der Waals surface area contributed by atoms with Crippen LogP contribution in [0.1, 0.15) is 18.7 Å². The molecule has 2 rings (SSSR count). The molecule has 2 N–H and O–H groups in total. The summed E-state index contributed by atoms with van der Waals surface area (Å²) < 4.78 is 10.8. The summed E-state index contributed by atoms with van der Waals surface area (Å²) in [6, 6.07) is 0. The second-order valence-corrected chi connectivity index (χ2v) is 4.72. The average Bonchev–Trinajstić information content (AvgIpc) is 3.11. The quantitative estimate of drug-likeness (QED) is 0.697. The van der Waals surface area contributed by atoms with Crippen LogP contribution in [0.25, 0.3) is 0 Å². The largest absolute Gasteiger partial charge is 0.395 e. The van der Waals surface area contributed by atoms with E-state index in [9.17, 15) is 4.79 Å². The van der Waals surface area contributed by atoms with E-state index in [1.807, 2.05) is 0 Å². The molecule has 112 valence electrons. The highest BCUT2D eigenvalue weighted by Gasteiger charge is 2.18.